The van der Waals surface area contributed by atoms with E-state index in [4.69, 9.17) is 11.6 Å². The van der Waals surface area contributed by atoms with E-state index in [9.17, 15) is 4.79 Å². The second-order valence-corrected chi connectivity index (χ2v) is 6.58. The van der Waals surface area contributed by atoms with Crippen LogP contribution >= 0.6 is 11.6 Å². The molecule has 3 nitrogen and oxygen atoms in total. The minimum absolute atomic E-state index is 0.0498. The second kappa shape index (κ2) is 5.99. The molecule has 0 aromatic heterocycles. The molecule has 0 N–H and O–H groups in total. The van der Waals surface area contributed by atoms with Crippen LogP contribution in [0, 0.1) is 0 Å². The van der Waals surface area contributed by atoms with Crippen LogP contribution in [0.2, 0.25) is 5.02 Å². The summed E-state index contributed by atoms with van der Waals surface area (Å²) < 4.78 is 0. The molecule has 0 atom stereocenters. The highest BCUT2D eigenvalue weighted by Gasteiger charge is 2.37. The van der Waals surface area contributed by atoms with Crippen LogP contribution in [-0.4, -0.2) is 23.9 Å². The molecule has 0 radical (unpaired) electrons. The van der Waals surface area contributed by atoms with Crippen LogP contribution in [0.3, 0.4) is 0 Å². The molecule has 2 aliphatic rings. The van der Waals surface area contributed by atoms with E-state index in [1.807, 2.05) is 48.5 Å². The molecule has 0 spiro atoms. The van der Waals surface area contributed by atoms with Gasteiger partial charge in [0, 0.05) is 29.4 Å². The summed E-state index contributed by atoms with van der Waals surface area (Å²) in [7, 11) is 0. The number of benzene rings is 2. The molecule has 0 saturated carbocycles. The van der Waals surface area contributed by atoms with E-state index < -0.39 is 0 Å². The Labute approximate surface area is 147 Å². The number of hydrogen-bond acceptors (Lipinski definition) is 2. The van der Waals surface area contributed by atoms with Crippen molar-refractivity contribution in [1.29, 1.82) is 0 Å². The Balaban J connectivity index is 1.91. The number of fused-ring (bicyclic) bond motifs is 1. The summed E-state index contributed by atoms with van der Waals surface area (Å²) in [6.45, 7) is 4.11. The zero-order chi connectivity index (χ0) is 16.7. The third-order valence-electron chi connectivity index (χ3n) is 4.79. The average Bonchev–Trinajstić information content (AvgIpc) is 3.15. The average molecular weight is 339 g/mol. The molecule has 2 aliphatic heterocycles. The number of carbonyl (C=O) groups is 1. The van der Waals surface area contributed by atoms with Gasteiger partial charge in [-0.2, -0.15) is 0 Å². The smallest absolute Gasteiger partial charge is 0.265 e. The van der Waals surface area contributed by atoms with Crippen molar-refractivity contribution in [3.8, 4) is 0 Å². The Morgan fingerprint density at radius 1 is 1.12 bits per heavy atom. The molecule has 2 heterocycles. The standard InChI is InChI=1S/C20H19ClN2O/c1-2-22-12-6-11-18(22)19-16-9-3-4-10-17(16)23(20(19)24)15-8-5-7-14(21)13-15/h3-5,7-10,13H,2,6,11-12H2,1H3. The summed E-state index contributed by atoms with van der Waals surface area (Å²) in [4.78, 5) is 17.4. The van der Waals surface area contributed by atoms with Gasteiger partial charge in [0.1, 0.15) is 0 Å². The Morgan fingerprint density at radius 3 is 2.75 bits per heavy atom. The first-order chi connectivity index (χ1) is 11.7. The van der Waals surface area contributed by atoms with Gasteiger partial charge in [-0.1, -0.05) is 35.9 Å². The molecule has 0 aliphatic carbocycles. The number of halogens is 1. The number of rotatable bonds is 2. The van der Waals surface area contributed by atoms with Gasteiger partial charge in [-0.05, 0) is 44.0 Å². The molecule has 24 heavy (non-hydrogen) atoms. The first kappa shape index (κ1) is 15.3. The minimum Gasteiger partial charge on any atom is -0.374 e. The number of anilines is 2. The molecular formula is C20H19ClN2O. The number of para-hydroxylation sites is 1. The van der Waals surface area contributed by atoms with Crippen molar-refractivity contribution < 1.29 is 4.79 Å². The van der Waals surface area contributed by atoms with Gasteiger partial charge in [0.25, 0.3) is 5.91 Å². The van der Waals surface area contributed by atoms with Crippen molar-refractivity contribution in [2.45, 2.75) is 19.8 Å². The monoisotopic (exact) mass is 338 g/mol. The van der Waals surface area contributed by atoms with Gasteiger partial charge in [-0.15, -0.1) is 0 Å². The van der Waals surface area contributed by atoms with E-state index in [2.05, 4.69) is 11.8 Å². The molecule has 4 heteroatoms. The van der Waals surface area contributed by atoms with Crippen molar-refractivity contribution in [3.05, 3.63) is 64.8 Å². The van der Waals surface area contributed by atoms with E-state index in [1.165, 1.54) is 5.70 Å². The molecule has 2 aromatic carbocycles. The van der Waals surface area contributed by atoms with Gasteiger partial charge in [-0.3, -0.25) is 9.69 Å². The number of likely N-dealkylation sites (tertiary alicyclic amines) is 1. The van der Waals surface area contributed by atoms with Crippen LogP contribution in [0.5, 0.6) is 0 Å². The molecule has 4 rings (SSSR count). The van der Waals surface area contributed by atoms with Crippen LogP contribution in [-0.2, 0) is 4.79 Å². The number of carbonyl (C=O) groups excluding carboxylic acids is 1. The van der Waals surface area contributed by atoms with E-state index in [1.54, 1.807) is 4.90 Å². The van der Waals surface area contributed by atoms with E-state index >= 15 is 0 Å². The summed E-state index contributed by atoms with van der Waals surface area (Å²) in [5.41, 5.74) is 4.81. The first-order valence-corrected chi connectivity index (χ1v) is 8.76. The highest BCUT2D eigenvalue weighted by molar-refractivity contribution is 6.36. The molecule has 0 bridgehead atoms. The predicted octanol–water partition coefficient (Wildman–Crippen LogP) is 4.85. The molecule has 1 saturated heterocycles. The zero-order valence-electron chi connectivity index (χ0n) is 13.6. The van der Waals surface area contributed by atoms with E-state index in [-0.39, 0.29) is 5.91 Å². The molecule has 1 amide bonds. The predicted molar refractivity (Wildman–Crippen MR) is 98.4 cm³/mol. The maximum Gasteiger partial charge on any atom is 0.265 e. The fourth-order valence-electron chi connectivity index (χ4n) is 3.73. The van der Waals surface area contributed by atoms with Gasteiger partial charge in [0.05, 0.1) is 16.9 Å². The van der Waals surface area contributed by atoms with Crippen molar-refractivity contribution in [1.82, 2.24) is 4.90 Å². The molecule has 2 aromatic rings. The Hall–Kier alpha value is -2.26. The summed E-state index contributed by atoms with van der Waals surface area (Å²) in [5, 5.41) is 0.634. The lowest BCUT2D eigenvalue weighted by molar-refractivity contribution is -0.112. The molecule has 1 fully saturated rings. The number of hydrogen-bond donors (Lipinski definition) is 0. The highest BCUT2D eigenvalue weighted by atomic mass is 35.5. The normalized spacial score (nSPS) is 20.0. The zero-order valence-corrected chi connectivity index (χ0v) is 14.4. The SMILES string of the molecule is CCN1CCCC1=C1C(=O)N(c2cccc(Cl)c2)c2ccccc21. The maximum absolute atomic E-state index is 13.3. The minimum atomic E-state index is 0.0498. The lowest BCUT2D eigenvalue weighted by Crippen LogP contribution is -2.24. The fraction of sp³-hybridized carbons (Fsp3) is 0.250. The largest absolute Gasteiger partial charge is 0.374 e. The third kappa shape index (κ3) is 2.31. The van der Waals surface area contributed by atoms with E-state index in [0.29, 0.717) is 5.02 Å². The molecule has 0 unspecified atom stereocenters. The Kier molecular flexibility index (Phi) is 3.81. The summed E-state index contributed by atoms with van der Waals surface area (Å²) in [6.07, 6.45) is 2.08. The maximum atomic E-state index is 13.3. The lowest BCUT2D eigenvalue weighted by Gasteiger charge is -2.20. The Morgan fingerprint density at radius 2 is 1.96 bits per heavy atom. The topological polar surface area (TPSA) is 23.6 Å². The van der Waals surface area contributed by atoms with E-state index in [0.717, 1.165) is 48.4 Å². The van der Waals surface area contributed by atoms with Crippen LogP contribution in [0.4, 0.5) is 11.4 Å². The number of nitrogens with zero attached hydrogens (tertiary/aromatic N) is 2. The summed E-state index contributed by atoms with van der Waals surface area (Å²) in [5.74, 6) is 0.0498. The fourth-order valence-corrected chi connectivity index (χ4v) is 3.91. The van der Waals surface area contributed by atoms with Crippen molar-refractivity contribution in [2.24, 2.45) is 0 Å². The quantitative estimate of drug-likeness (QED) is 0.731. The van der Waals surface area contributed by atoms with Crippen molar-refractivity contribution in [3.63, 3.8) is 0 Å². The van der Waals surface area contributed by atoms with Crippen LogP contribution in [0.15, 0.2) is 54.2 Å². The van der Waals surface area contributed by atoms with Crippen LogP contribution in [0.1, 0.15) is 25.3 Å². The van der Waals surface area contributed by atoms with Crippen molar-refractivity contribution in [2.75, 3.05) is 18.0 Å². The third-order valence-corrected chi connectivity index (χ3v) is 5.03. The summed E-state index contributed by atoms with van der Waals surface area (Å²) >= 11 is 6.15. The van der Waals surface area contributed by atoms with Gasteiger partial charge in [0.2, 0.25) is 0 Å². The van der Waals surface area contributed by atoms with Gasteiger partial charge >= 0.3 is 0 Å². The van der Waals surface area contributed by atoms with Gasteiger partial charge in [0.15, 0.2) is 0 Å². The van der Waals surface area contributed by atoms with Gasteiger partial charge in [-0.25, -0.2) is 0 Å². The first-order valence-electron chi connectivity index (χ1n) is 8.38. The number of allylic oxidation sites excluding steroid dienone is 1. The number of amides is 1. The van der Waals surface area contributed by atoms with Crippen molar-refractivity contribution >= 4 is 34.5 Å². The second-order valence-electron chi connectivity index (χ2n) is 6.14. The summed E-state index contributed by atoms with van der Waals surface area (Å²) in [6, 6.07) is 15.5. The van der Waals surface area contributed by atoms with Gasteiger partial charge < -0.3 is 4.90 Å². The van der Waals surface area contributed by atoms with Crippen LogP contribution < -0.4 is 4.90 Å². The lowest BCUT2D eigenvalue weighted by atomic mass is 10.0. The molecule has 122 valence electrons. The van der Waals surface area contributed by atoms with Crippen LogP contribution in [0.25, 0.3) is 5.57 Å². The highest BCUT2D eigenvalue weighted by Crippen LogP contribution is 2.45. The Bertz CT molecular complexity index is 843. The molecular weight excluding hydrogens is 320 g/mol.